The summed E-state index contributed by atoms with van der Waals surface area (Å²) in [4.78, 5) is -0.643. The molecule has 0 radical (unpaired) electrons. The second-order valence-corrected chi connectivity index (χ2v) is 7.08. The Bertz CT molecular complexity index is 760. The number of hydrogen-bond donors (Lipinski definition) is 1. The van der Waals surface area contributed by atoms with Crippen molar-refractivity contribution >= 4 is 37.6 Å². The second kappa shape index (κ2) is 6.39. The second-order valence-electron chi connectivity index (χ2n) is 4.11. The van der Waals surface area contributed by atoms with Gasteiger partial charge in [0, 0.05) is 22.1 Å². The summed E-state index contributed by atoms with van der Waals surface area (Å²) >= 11 is 8.76. The van der Waals surface area contributed by atoms with E-state index in [1.165, 1.54) is 0 Å². The highest BCUT2D eigenvalue weighted by Gasteiger charge is 2.23. The zero-order valence-electron chi connectivity index (χ0n) is 10.4. The molecule has 2 aromatic carbocycles. The van der Waals surface area contributed by atoms with Crippen molar-refractivity contribution in [3.63, 3.8) is 0 Å². The highest BCUT2D eigenvalue weighted by Crippen LogP contribution is 2.26. The fourth-order valence-electron chi connectivity index (χ4n) is 1.67. The van der Waals surface area contributed by atoms with E-state index in [0.717, 1.165) is 6.07 Å². The Morgan fingerprint density at radius 2 is 1.86 bits per heavy atom. The first-order chi connectivity index (χ1) is 9.81. The van der Waals surface area contributed by atoms with E-state index in [-0.39, 0.29) is 11.0 Å². The molecule has 0 spiro atoms. The topological polar surface area (TPSA) is 46.2 Å². The Morgan fingerprint density at radius 3 is 2.48 bits per heavy atom. The summed E-state index contributed by atoms with van der Waals surface area (Å²) in [6, 6.07) is 8.04. The van der Waals surface area contributed by atoms with Gasteiger partial charge in [-0.05, 0) is 33.6 Å². The largest absolute Gasteiger partial charge is 0.244 e. The number of nitrogens with one attached hydrogen (secondary N) is 1. The maximum absolute atomic E-state index is 13.7. The molecule has 0 amide bonds. The van der Waals surface area contributed by atoms with Crippen LogP contribution in [0.5, 0.6) is 0 Å². The standard InChI is InChI=1S/C13H9BrClF2NO2S/c14-10-5-9(16)6-12(17)13(10)21(19,20)18-7-8-3-1-2-4-11(8)15/h1-6,18H,7H2. The number of benzene rings is 2. The van der Waals surface area contributed by atoms with Gasteiger partial charge in [0.25, 0.3) is 0 Å². The highest BCUT2D eigenvalue weighted by atomic mass is 79.9. The minimum Gasteiger partial charge on any atom is -0.207 e. The average Bonchev–Trinajstić information content (AvgIpc) is 2.36. The molecule has 3 nitrogen and oxygen atoms in total. The van der Waals surface area contributed by atoms with E-state index in [9.17, 15) is 17.2 Å². The SMILES string of the molecule is O=S(=O)(NCc1ccccc1Cl)c1c(F)cc(F)cc1Br. The van der Waals surface area contributed by atoms with Gasteiger partial charge in [-0.1, -0.05) is 29.8 Å². The molecule has 21 heavy (non-hydrogen) atoms. The Morgan fingerprint density at radius 1 is 1.19 bits per heavy atom. The van der Waals surface area contributed by atoms with Crippen molar-refractivity contribution in [1.29, 1.82) is 0 Å². The molecule has 2 rings (SSSR count). The van der Waals surface area contributed by atoms with Crippen LogP contribution in [0.1, 0.15) is 5.56 Å². The Balaban J connectivity index is 2.30. The average molecular weight is 397 g/mol. The summed E-state index contributed by atoms with van der Waals surface area (Å²) in [5.74, 6) is -2.04. The summed E-state index contributed by atoms with van der Waals surface area (Å²) < 4.78 is 53.0. The predicted octanol–water partition coefficient (Wildman–Crippen LogP) is 3.86. The lowest BCUT2D eigenvalue weighted by Gasteiger charge is -2.10. The molecule has 0 unspecified atom stereocenters. The minimum atomic E-state index is -4.15. The normalized spacial score (nSPS) is 11.6. The molecular weight excluding hydrogens is 388 g/mol. The third-order valence-electron chi connectivity index (χ3n) is 2.64. The van der Waals surface area contributed by atoms with Gasteiger partial charge in [0.2, 0.25) is 10.0 Å². The third kappa shape index (κ3) is 3.79. The van der Waals surface area contributed by atoms with E-state index in [2.05, 4.69) is 20.7 Å². The molecule has 1 N–H and O–H groups in total. The fraction of sp³-hybridized carbons (Fsp3) is 0.0769. The predicted molar refractivity (Wildman–Crippen MR) is 79.5 cm³/mol. The first kappa shape index (κ1) is 16.4. The van der Waals surface area contributed by atoms with Crippen molar-refractivity contribution < 1.29 is 17.2 Å². The third-order valence-corrected chi connectivity index (χ3v) is 5.38. The van der Waals surface area contributed by atoms with Crippen LogP contribution in [0, 0.1) is 11.6 Å². The van der Waals surface area contributed by atoms with Gasteiger partial charge in [0.1, 0.15) is 16.5 Å². The van der Waals surface area contributed by atoms with Crippen molar-refractivity contribution in [2.75, 3.05) is 0 Å². The molecule has 0 heterocycles. The van der Waals surface area contributed by atoms with E-state index in [0.29, 0.717) is 16.7 Å². The molecule has 0 aliphatic carbocycles. The van der Waals surface area contributed by atoms with Crippen molar-refractivity contribution in [3.05, 3.63) is 63.1 Å². The van der Waals surface area contributed by atoms with E-state index in [4.69, 9.17) is 11.6 Å². The number of halogens is 4. The molecule has 8 heteroatoms. The quantitative estimate of drug-likeness (QED) is 0.853. The molecule has 0 atom stereocenters. The van der Waals surface area contributed by atoms with Gasteiger partial charge in [0.15, 0.2) is 0 Å². The fourth-order valence-corrected chi connectivity index (χ4v) is 4.04. The minimum absolute atomic E-state index is 0.106. The van der Waals surface area contributed by atoms with Gasteiger partial charge in [-0.25, -0.2) is 21.9 Å². The van der Waals surface area contributed by atoms with Gasteiger partial charge in [0.05, 0.1) is 0 Å². The number of sulfonamides is 1. The molecule has 0 bridgehead atoms. The van der Waals surface area contributed by atoms with Crippen LogP contribution in [0.2, 0.25) is 5.02 Å². The number of hydrogen-bond acceptors (Lipinski definition) is 2. The smallest absolute Gasteiger partial charge is 0.207 e. The Hall–Kier alpha value is -1.02. The van der Waals surface area contributed by atoms with Crippen LogP contribution in [0.4, 0.5) is 8.78 Å². The summed E-state index contributed by atoms with van der Waals surface area (Å²) in [6.45, 7) is -0.106. The van der Waals surface area contributed by atoms with E-state index < -0.39 is 26.6 Å². The molecular formula is C13H9BrClF2NO2S. The van der Waals surface area contributed by atoms with Gasteiger partial charge < -0.3 is 0 Å². The van der Waals surface area contributed by atoms with Gasteiger partial charge >= 0.3 is 0 Å². The van der Waals surface area contributed by atoms with Gasteiger partial charge in [-0.2, -0.15) is 0 Å². The Labute approximate surface area is 134 Å². The van der Waals surface area contributed by atoms with Crippen LogP contribution in [0.25, 0.3) is 0 Å². The summed E-state index contributed by atoms with van der Waals surface area (Å²) in [6.07, 6.45) is 0. The van der Waals surface area contributed by atoms with Gasteiger partial charge in [-0.3, -0.25) is 0 Å². The van der Waals surface area contributed by atoms with Crippen LogP contribution in [-0.2, 0) is 16.6 Å². The highest BCUT2D eigenvalue weighted by molar-refractivity contribution is 9.10. The summed E-state index contributed by atoms with van der Waals surface area (Å²) in [7, 11) is -4.15. The van der Waals surface area contributed by atoms with Gasteiger partial charge in [-0.15, -0.1) is 0 Å². The lowest BCUT2D eigenvalue weighted by molar-refractivity contribution is 0.540. The Kier molecular flexibility index (Phi) is 4.98. The van der Waals surface area contributed by atoms with Crippen LogP contribution in [0.3, 0.4) is 0 Å². The lowest BCUT2D eigenvalue weighted by atomic mass is 10.2. The summed E-state index contributed by atoms with van der Waals surface area (Å²) in [5.41, 5.74) is 0.543. The maximum atomic E-state index is 13.7. The number of rotatable bonds is 4. The maximum Gasteiger partial charge on any atom is 0.244 e. The van der Waals surface area contributed by atoms with Crippen LogP contribution in [0.15, 0.2) is 45.8 Å². The van der Waals surface area contributed by atoms with Crippen LogP contribution in [-0.4, -0.2) is 8.42 Å². The first-order valence-corrected chi connectivity index (χ1v) is 8.34. The monoisotopic (exact) mass is 395 g/mol. The summed E-state index contributed by atoms with van der Waals surface area (Å²) in [5, 5.41) is 0.388. The van der Waals surface area contributed by atoms with Crippen LogP contribution < -0.4 is 4.72 Å². The zero-order chi connectivity index (χ0) is 15.6. The molecule has 0 saturated carbocycles. The van der Waals surface area contributed by atoms with E-state index >= 15 is 0 Å². The lowest BCUT2D eigenvalue weighted by Crippen LogP contribution is -2.25. The first-order valence-electron chi connectivity index (χ1n) is 5.69. The van der Waals surface area contributed by atoms with E-state index in [1.807, 2.05) is 0 Å². The molecule has 0 fully saturated rings. The van der Waals surface area contributed by atoms with Crippen LogP contribution >= 0.6 is 27.5 Å². The molecule has 0 aliphatic heterocycles. The molecule has 0 aromatic heterocycles. The van der Waals surface area contributed by atoms with Crippen molar-refractivity contribution in [1.82, 2.24) is 4.72 Å². The molecule has 112 valence electrons. The molecule has 0 aliphatic rings. The van der Waals surface area contributed by atoms with Crippen molar-refractivity contribution in [3.8, 4) is 0 Å². The zero-order valence-corrected chi connectivity index (χ0v) is 13.6. The molecule has 0 saturated heterocycles. The van der Waals surface area contributed by atoms with E-state index in [1.54, 1.807) is 24.3 Å². The van der Waals surface area contributed by atoms with Crippen molar-refractivity contribution in [2.24, 2.45) is 0 Å². The molecule has 2 aromatic rings. The van der Waals surface area contributed by atoms with Crippen molar-refractivity contribution in [2.45, 2.75) is 11.4 Å².